The lowest BCUT2D eigenvalue weighted by atomic mass is 10.0. The Hall–Kier alpha value is -3.59. The number of benzene rings is 2. The molecular weight excluding hydrogens is 366 g/mol. The fourth-order valence-electron chi connectivity index (χ4n) is 3.28. The number of amides is 1. The Kier molecular flexibility index (Phi) is 6.64. The number of hydrogen-bond acceptors (Lipinski definition) is 5. The normalized spacial score (nSPS) is 13.2. The number of nitriles is 1. The fraction of sp³-hybridized carbons (Fsp3) is 0.261. The number of aryl methyl sites for hydroxylation is 1. The maximum absolute atomic E-state index is 12.9. The molecule has 3 rings (SSSR count). The highest BCUT2D eigenvalue weighted by Gasteiger charge is 2.24. The zero-order valence-corrected chi connectivity index (χ0v) is 16.4. The number of rotatable bonds is 6. The number of para-hydroxylation sites is 1. The van der Waals surface area contributed by atoms with Crippen molar-refractivity contribution < 1.29 is 14.3 Å². The van der Waals surface area contributed by atoms with Gasteiger partial charge in [0.15, 0.2) is 0 Å². The summed E-state index contributed by atoms with van der Waals surface area (Å²) in [5.74, 6) is -0.657. The summed E-state index contributed by atoms with van der Waals surface area (Å²) in [6.45, 7) is 3.13. The van der Waals surface area contributed by atoms with Gasteiger partial charge in [-0.25, -0.2) is 4.79 Å². The Bertz CT molecular complexity index is 958. The van der Waals surface area contributed by atoms with Gasteiger partial charge < -0.3 is 15.0 Å². The maximum Gasteiger partial charge on any atom is 0.338 e. The van der Waals surface area contributed by atoms with Gasteiger partial charge in [-0.15, -0.1) is 0 Å². The molecule has 0 fully saturated rings. The number of carbonyl (C=O) groups excluding carboxylic acids is 2. The Morgan fingerprint density at radius 1 is 1.21 bits per heavy atom. The van der Waals surface area contributed by atoms with Gasteiger partial charge in [0, 0.05) is 25.0 Å². The minimum atomic E-state index is -0.355. The summed E-state index contributed by atoms with van der Waals surface area (Å²) in [5.41, 5.74) is 3.47. The van der Waals surface area contributed by atoms with Crippen LogP contribution in [0.3, 0.4) is 0 Å². The minimum absolute atomic E-state index is 0.0600. The van der Waals surface area contributed by atoms with E-state index in [1.807, 2.05) is 42.5 Å². The molecule has 1 aliphatic rings. The van der Waals surface area contributed by atoms with E-state index >= 15 is 0 Å². The number of esters is 1. The summed E-state index contributed by atoms with van der Waals surface area (Å²) in [6.07, 6.45) is 3.27. The maximum atomic E-state index is 12.9. The van der Waals surface area contributed by atoms with E-state index in [1.54, 1.807) is 24.0 Å². The van der Waals surface area contributed by atoms with E-state index < -0.39 is 0 Å². The SMILES string of the molecule is CCOC(=O)c1ccc(CN/C=C(/C#N)C(=O)N2CCCc3ccccc32)cc1. The second-order valence-electron chi connectivity index (χ2n) is 6.66. The van der Waals surface area contributed by atoms with Gasteiger partial charge in [0.2, 0.25) is 0 Å². The summed E-state index contributed by atoms with van der Waals surface area (Å²) >= 11 is 0. The molecule has 0 aliphatic carbocycles. The molecular formula is C23H23N3O3. The number of nitrogens with one attached hydrogen (secondary N) is 1. The monoisotopic (exact) mass is 389 g/mol. The number of fused-ring (bicyclic) bond motifs is 1. The predicted octanol–water partition coefficient (Wildman–Crippen LogP) is 3.34. The van der Waals surface area contributed by atoms with Gasteiger partial charge in [0.1, 0.15) is 11.6 Å². The van der Waals surface area contributed by atoms with Crippen molar-refractivity contribution in [1.29, 1.82) is 5.26 Å². The molecule has 1 amide bonds. The van der Waals surface area contributed by atoms with Crippen molar-refractivity contribution in [3.63, 3.8) is 0 Å². The van der Waals surface area contributed by atoms with Gasteiger partial charge in [-0.05, 0) is 49.1 Å². The highest BCUT2D eigenvalue weighted by molar-refractivity contribution is 6.08. The Morgan fingerprint density at radius 2 is 1.97 bits per heavy atom. The molecule has 0 aromatic heterocycles. The van der Waals surface area contributed by atoms with Gasteiger partial charge in [-0.3, -0.25) is 4.79 Å². The zero-order valence-electron chi connectivity index (χ0n) is 16.4. The van der Waals surface area contributed by atoms with E-state index in [-0.39, 0.29) is 17.4 Å². The molecule has 2 aromatic carbocycles. The quantitative estimate of drug-likeness (QED) is 0.465. The third-order valence-corrected chi connectivity index (χ3v) is 4.72. The molecule has 6 nitrogen and oxygen atoms in total. The van der Waals surface area contributed by atoms with E-state index in [4.69, 9.17) is 4.74 Å². The molecule has 0 saturated carbocycles. The summed E-state index contributed by atoms with van der Waals surface area (Å²) in [6, 6.07) is 16.8. The minimum Gasteiger partial charge on any atom is -0.462 e. The van der Waals surface area contributed by atoms with E-state index in [1.165, 1.54) is 6.20 Å². The second kappa shape index (κ2) is 9.56. The summed E-state index contributed by atoms with van der Waals surface area (Å²) in [7, 11) is 0. The lowest BCUT2D eigenvalue weighted by Gasteiger charge is -2.29. The Labute approximate surface area is 170 Å². The van der Waals surface area contributed by atoms with Crippen LogP contribution in [-0.2, 0) is 22.5 Å². The molecule has 0 saturated heterocycles. The summed E-state index contributed by atoms with van der Waals surface area (Å²) < 4.78 is 4.96. The summed E-state index contributed by atoms with van der Waals surface area (Å²) in [4.78, 5) is 26.2. The van der Waals surface area contributed by atoms with E-state index in [0.29, 0.717) is 25.3 Å². The highest BCUT2D eigenvalue weighted by Crippen LogP contribution is 2.27. The first kappa shape index (κ1) is 20.2. The van der Waals surface area contributed by atoms with E-state index in [2.05, 4.69) is 5.32 Å². The zero-order chi connectivity index (χ0) is 20.6. The lowest BCUT2D eigenvalue weighted by Crippen LogP contribution is -2.36. The van der Waals surface area contributed by atoms with Crippen molar-refractivity contribution in [3.05, 3.63) is 77.0 Å². The predicted molar refractivity (Wildman–Crippen MR) is 110 cm³/mol. The van der Waals surface area contributed by atoms with Crippen LogP contribution >= 0.6 is 0 Å². The van der Waals surface area contributed by atoms with Crippen molar-refractivity contribution in [3.8, 4) is 6.07 Å². The van der Waals surface area contributed by atoms with Crippen molar-refractivity contribution in [2.24, 2.45) is 0 Å². The van der Waals surface area contributed by atoms with Crippen LogP contribution in [0.1, 0.15) is 34.8 Å². The van der Waals surface area contributed by atoms with Gasteiger partial charge in [-0.1, -0.05) is 30.3 Å². The Balaban J connectivity index is 1.64. The standard InChI is InChI=1S/C23H23N3O3/c1-2-29-23(28)19-11-9-17(10-12-19)15-25-16-20(14-24)22(27)26-13-5-7-18-6-3-4-8-21(18)26/h3-4,6,8-12,16,25H,2,5,7,13,15H2,1H3/b20-16-. The van der Waals surface area contributed by atoms with Crippen molar-refractivity contribution in [1.82, 2.24) is 5.32 Å². The third-order valence-electron chi connectivity index (χ3n) is 4.72. The van der Waals surface area contributed by atoms with Crippen LogP contribution in [0.25, 0.3) is 0 Å². The molecule has 6 heteroatoms. The number of anilines is 1. The van der Waals surface area contributed by atoms with Crippen molar-refractivity contribution >= 4 is 17.6 Å². The van der Waals surface area contributed by atoms with Crippen LogP contribution in [0.15, 0.2) is 60.3 Å². The fourth-order valence-corrected chi connectivity index (χ4v) is 3.28. The summed E-state index contributed by atoms with van der Waals surface area (Å²) in [5, 5.41) is 12.5. The molecule has 1 N–H and O–H groups in total. The van der Waals surface area contributed by atoms with Crippen LogP contribution < -0.4 is 10.2 Å². The largest absolute Gasteiger partial charge is 0.462 e. The Morgan fingerprint density at radius 3 is 2.69 bits per heavy atom. The van der Waals surface area contributed by atoms with Crippen molar-refractivity contribution in [2.45, 2.75) is 26.3 Å². The smallest absolute Gasteiger partial charge is 0.338 e. The van der Waals surface area contributed by atoms with Crippen LogP contribution in [0.5, 0.6) is 0 Å². The van der Waals surface area contributed by atoms with Crippen molar-refractivity contribution in [2.75, 3.05) is 18.1 Å². The molecule has 1 aliphatic heterocycles. The van der Waals surface area contributed by atoms with Gasteiger partial charge >= 0.3 is 5.97 Å². The number of nitrogens with zero attached hydrogens (tertiary/aromatic N) is 2. The van der Waals surface area contributed by atoms with Gasteiger partial charge in [0.05, 0.1) is 12.2 Å². The van der Waals surface area contributed by atoms with Gasteiger partial charge in [-0.2, -0.15) is 5.26 Å². The lowest BCUT2D eigenvalue weighted by molar-refractivity contribution is -0.114. The first-order chi connectivity index (χ1) is 14.1. The first-order valence-corrected chi connectivity index (χ1v) is 9.63. The van der Waals surface area contributed by atoms with Crippen LogP contribution in [0, 0.1) is 11.3 Å². The highest BCUT2D eigenvalue weighted by atomic mass is 16.5. The first-order valence-electron chi connectivity index (χ1n) is 9.63. The van der Waals surface area contributed by atoms with E-state index in [0.717, 1.165) is 29.7 Å². The van der Waals surface area contributed by atoms with E-state index in [9.17, 15) is 14.9 Å². The molecule has 1 heterocycles. The number of ether oxygens (including phenoxy) is 1. The van der Waals surface area contributed by atoms with Crippen LogP contribution in [0.2, 0.25) is 0 Å². The molecule has 2 aromatic rings. The topological polar surface area (TPSA) is 82.4 Å². The van der Waals surface area contributed by atoms with Crippen LogP contribution in [0.4, 0.5) is 5.69 Å². The van der Waals surface area contributed by atoms with Crippen LogP contribution in [-0.4, -0.2) is 25.0 Å². The number of hydrogen-bond donors (Lipinski definition) is 1. The molecule has 0 bridgehead atoms. The molecule has 0 radical (unpaired) electrons. The average Bonchev–Trinajstić information content (AvgIpc) is 2.76. The molecule has 148 valence electrons. The molecule has 0 atom stereocenters. The number of carbonyl (C=O) groups is 2. The van der Waals surface area contributed by atoms with Gasteiger partial charge in [0.25, 0.3) is 5.91 Å². The third kappa shape index (κ3) is 4.82. The molecule has 0 unspecified atom stereocenters. The molecule has 0 spiro atoms. The average molecular weight is 389 g/mol. The second-order valence-corrected chi connectivity index (χ2v) is 6.66. The molecule has 29 heavy (non-hydrogen) atoms.